The van der Waals surface area contributed by atoms with Gasteiger partial charge in [-0.3, -0.25) is 4.79 Å². The first kappa shape index (κ1) is 15.5. The molecule has 104 valence electrons. The van der Waals surface area contributed by atoms with Crippen molar-refractivity contribution in [2.45, 2.75) is 0 Å². The number of hydrogen-bond donors (Lipinski definition) is 1. The van der Waals surface area contributed by atoms with Gasteiger partial charge in [-0.15, -0.1) is 0 Å². The van der Waals surface area contributed by atoms with Gasteiger partial charge in [-0.1, -0.05) is 15.9 Å². The minimum atomic E-state index is -0.209. The van der Waals surface area contributed by atoms with Crippen molar-refractivity contribution < 1.29 is 9.53 Å². The zero-order valence-corrected chi connectivity index (χ0v) is 15.2. The molecule has 0 fully saturated rings. The molecule has 0 unspecified atom stereocenters. The third-order valence-corrected chi connectivity index (χ3v) is 4.44. The van der Waals surface area contributed by atoms with Gasteiger partial charge in [0.15, 0.2) is 0 Å². The molecule has 0 atom stereocenters. The standard InChI is InChI=1S/C14H10Br3NO2/c1-20-9-3-4-11(16)10(7-9)14(19)18-13-5-2-8(15)6-12(13)17/h2-7H,1H3,(H,18,19). The first-order valence-corrected chi connectivity index (χ1v) is 7.99. The lowest BCUT2D eigenvalue weighted by Gasteiger charge is -2.10. The predicted octanol–water partition coefficient (Wildman–Crippen LogP) is 5.24. The van der Waals surface area contributed by atoms with Gasteiger partial charge in [0, 0.05) is 13.4 Å². The van der Waals surface area contributed by atoms with Crippen LogP contribution in [0.15, 0.2) is 49.8 Å². The summed E-state index contributed by atoms with van der Waals surface area (Å²) >= 11 is 10.2. The van der Waals surface area contributed by atoms with Crippen molar-refractivity contribution >= 4 is 59.4 Å². The first-order valence-electron chi connectivity index (χ1n) is 5.61. The summed E-state index contributed by atoms with van der Waals surface area (Å²) in [5.41, 5.74) is 1.21. The number of rotatable bonds is 3. The van der Waals surface area contributed by atoms with Crippen molar-refractivity contribution in [3.8, 4) is 5.75 Å². The lowest BCUT2D eigenvalue weighted by molar-refractivity contribution is 0.102. The third kappa shape index (κ3) is 3.62. The number of methoxy groups -OCH3 is 1. The Labute approximate surface area is 142 Å². The second kappa shape index (κ2) is 6.74. The van der Waals surface area contributed by atoms with Crippen molar-refractivity contribution in [1.82, 2.24) is 0 Å². The molecule has 6 heteroatoms. The summed E-state index contributed by atoms with van der Waals surface area (Å²) in [6.07, 6.45) is 0. The van der Waals surface area contributed by atoms with Gasteiger partial charge in [0.2, 0.25) is 0 Å². The highest BCUT2D eigenvalue weighted by atomic mass is 79.9. The highest BCUT2D eigenvalue weighted by molar-refractivity contribution is 9.11. The van der Waals surface area contributed by atoms with Crippen LogP contribution in [0.3, 0.4) is 0 Å². The topological polar surface area (TPSA) is 38.3 Å². The summed E-state index contributed by atoms with van der Waals surface area (Å²) in [6.45, 7) is 0. The monoisotopic (exact) mass is 461 g/mol. The van der Waals surface area contributed by atoms with Gasteiger partial charge >= 0.3 is 0 Å². The van der Waals surface area contributed by atoms with Crippen LogP contribution in [0.5, 0.6) is 5.75 Å². The van der Waals surface area contributed by atoms with Gasteiger partial charge < -0.3 is 10.1 Å². The summed E-state index contributed by atoms with van der Waals surface area (Å²) in [5, 5.41) is 2.85. The van der Waals surface area contributed by atoms with E-state index in [2.05, 4.69) is 53.1 Å². The van der Waals surface area contributed by atoms with Crippen molar-refractivity contribution in [1.29, 1.82) is 0 Å². The summed E-state index contributed by atoms with van der Waals surface area (Å²) < 4.78 is 7.59. The zero-order valence-electron chi connectivity index (χ0n) is 10.4. The largest absolute Gasteiger partial charge is 0.497 e. The van der Waals surface area contributed by atoms with Crippen molar-refractivity contribution in [3.05, 3.63) is 55.4 Å². The minimum absolute atomic E-state index is 0.209. The molecule has 2 rings (SSSR count). The average molecular weight is 464 g/mol. The number of benzene rings is 2. The van der Waals surface area contributed by atoms with Crippen LogP contribution >= 0.6 is 47.8 Å². The quantitative estimate of drug-likeness (QED) is 0.676. The molecule has 0 aliphatic rings. The molecule has 0 bridgehead atoms. The van der Waals surface area contributed by atoms with E-state index in [9.17, 15) is 4.79 Å². The molecule has 0 radical (unpaired) electrons. The Morgan fingerprint density at radius 2 is 1.80 bits per heavy atom. The molecule has 0 aliphatic heterocycles. The highest BCUT2D eigenvalue weighted by Gasteiger charge is 2.13. The van der Waals surface area contributed by atoms with Crippen LogP contribution in [0.1, 0.15) is 10.4 Å². The van der Waals surface area contributed by atoms with Gasteiger partial charge in [0.25, 0.3) is 5.91 Å². The fourth-order valence-electron chi connectivity index (χ4n) is 1.59. The molecular weight excluding hydrogens is 454 g/mol. The number of amides is 1. The lowest BCUT2D eigenvalue weighted by Crippen LogP contribution is -2.13. The molecule has 1 amide bonds. The van der Waals surface area contributed by atoms with E-state index in [-0.39, 0.29) is 5.91 Å². The second-order valence-corrected chi connectivity index (χ2v) is 6.55. The summed E-state index contributed by atoms with van der Waals surface area (Å²) in [7, 11) is 1.57. The normalized spacial score (nSPS) is 10.2. The van der Waals surface area contributed by atoms with E-state index in [0.29, 0.717) is 21.5 Å². The number of anilines is 1. The molecule has 2 aromatic carbocycles. The minimum Gasteiger partial charge on any atom is -0.497 e. The number of carbonyl (C=O) groups is 1. The van der Waals surface area contributed by atoms with E-state index < -0.39 is 0 Å². The van der Waals surface area contributed by atoms with Crippen LogP contribution in [-0.2, 0) is 0 Å². The summed E-state index contributed by atoms with van der Waals surface area (Å²) in [5.74, 6) is 0.423. The molecule has 3 nitrogen and oxygen atoms in total. The summed E-state index contributed by atoms with van der Waals surface area (Å²) in [4.78, 5) is 12.3. The van der Waals surface area contributed by atoms with E-state index in [1.807, 2.05) is 18.2 Å². The van der Waals surface area contributed by atoms with E-state index >= 15 is 0 Å². The molecule has 0 saturated carbocycles. The number of ether oxygens (including phenoxy) is 1. The Morgan fingerprint density at radius 1 is 1.05 bits per heavy atom. The summed E-state index contributed by atoms with van der Waals surface area (Å²) in [6, 6.07) is 10.8. The predicted molar refractivity (Wildman–Crippen MR) is 90.5 cm³/mol. The Morgan fingerprint density at radius 3 is 2.45 bits per heavy atom. The smallest absolute Gasteiger partial charge is 0.256 e. The lowest BCUT2D eigenvalue weighted by atomic mass is 10.2. The average Bonchev–Trinajstić information content (AvgIpc) is 2.42. The number of nitrogens with one attached hydrogen (secondary N) is 1. The van der Waals surface area contributed by atoms with Crippen LogP contribution in [0.25, 0.3) is 0 Å². The molecule has 0 aliphatic carbocycles. The Kier molecular flexibility index (Phi) is 5.23. The van der Waals surface area contributed by atoms with Crippen LogP contribution in [0.2, 0.25) is 0 Å². The Hall–Kier alpha value is -0.850. The Bertz CT molecular complexity index is 659. The van der Waals surface area contributed by atoms with Crippen LogP contribution in [0.4, 0.5) is 5.69 Å². The molecule has 20 heavy (non-hydrogen) atoms. The maximum absolute atomic E-state index is 12.3. The third-order valence-electron chi connectivity index (χ3n) is 2.60. The van der Waals surface area contributed by atoms with E-state index in [1.165, 1.54) is 0 Å². The van der Waals surface area contributed by atoms with Crippen molar-refractivity contribution in [3.63, 3.8) is 0 Å². The number of hydrogen-bond acceptors (Lipinski definition) is 2. The molecule has 0 saturated heterocycles. The maximum Gasteiger partial charge on any atom is 0.256 e. The fourth-order valence-corrected chi connectivity index (χ4v) is 3.16. The van der Waals surface area contributed by atoms with Crippen molar-refractivity contribution in [2.24, 2.45) is 0 Å². The van der Waals surface area contributed by atoms with Gasteiger partial charge in [-0.2, -0.15) is 0 Å². The fraction of sp³-hybridized carbons (Fsp3) is 0.0714. The van der Waals surface area contributed by atoms with E-state index in [4.69, 9.17) is 4.74 Å². The molecular formula is C14H10Br3NO2. The van der Waals surface area contributed by atoms with Crippen LogP contribution in [0, 0.1) is 0 Å². The second-order valence-electron chi connectivity index (χ2n) is 3.92. The SMILES string of the molecule is COc1ccc(Br)c(C(=O)Nc2ccc(Br)cc2Br)c1. The van der Waals surface area contributed by atoms with E-state index in [0.717, 1.165) is 8.95 Å². The zero-order chi connectivity index (χ0) is 14.7. The van der Waals surface area contributed by atoms with Gasteiger partial charge in [0.1, 0.15) is 5.75 Å². The molecule has 0 spiro atoms. The van der Waals surface area contributed by atoms with Gasteiger partial charge in [0.05, 0.1) is 18.4 Å². The number of halogens is 3. The Balaban J connectivity index is 2.28. The van der Waals surface area contributed by atoms with E-state index in [1.54, 1.807) is 25.3 Å². The first-order chi connectivity index (χ1) is 9.51. The molecule has 0 heterocycles. The maximum atomic E-state index is 12.3. The molecule has 0 aromatic heterocycles. The highest BCUT2D eigenvalue weighted by Crippen LogP contribution is 2.28. The van der Waals surface area contributed by atoms with Crippen molar-refractivity contribution in [2.75, 3.05) is 12.4 Å². The van der Waals surface area contributed by atoms with Gasteiger partial charge in [-0.05, 0) is 68.3 Å². The van der Waals surface area contributed by atoms with Crippen LogP contribution in [-0.4, -0.2) is 13.0 Å². The van der Waals surface area contributed by atoms with Gasteiger partial charge in [-0.25, -0.2) is 0 Å². The van der Waals surface area contributed by atoms with Crippen LogP contribution < -0.4 is 10.1 Å². The molecule has 2 aromatic rings. The molecule has 1 N–H and O–H groups in total. The number of carbonyl (C=O) groups excluding carboxylic acids is 1.